The molecule has 0 spiro atoms. The third-order valence-electron chi connectivity index (χ3n) is 2.86. The Morgan fingerprint density at radius 3 is 1.74 bits per heavy atom. The fraction of sp³-hybridized carbons (Fsp3) is 0. The largest absolute Gasteiger partial charge is 0.508 e. The smallest absolute Gasteiger partial charge is 0.116 e. The summed E-state index contributed by atoms with van der Waals surface area (Å²) in [6.07, 6.45) is 11.2. The second-order valence-electron chi connectivity index (χ2n) is 4.56. The molecule has 0 amide bonds. The summed E-state index contributed by atoms with van der Waals surface area (Å²) in [6.45, 7) is 0. The zero-order chi connectivity index (χ0) is 16.3. The van der Waals surface area contributed by atoms with Crippen molar-refractivity contribution in [3.63, 3.8) is 0 Å². The lowest BCUT2D eigenvalue weighted by Gasteiger charge is -1.92. The molecule has 0 fully saturated rings. The van der Waals surface area contributed by atoms with Gasteiger partial charge in [-0.2, -0.15) is 5.26 Å². The van der Waals surface area contributed by atoms with E-state index in [1.54, 1.807) is 36.9 Å². The minimum Gasteiger partial charge on any atom is -0.508 e. The van der Waals surface area contributed by atoms with Gasteiger partial charge < -0.3 is 5.11 Å². The Morgan fingerprint density at radius 1 is 0.826 bits per heavy atom. The topological polar surface area (TPSA) is 69.8 Å². The number of nitrogens with zero attached hydrogens (tertiary/aromatic N) is 3. The van der Waals surface area contributed by atoms with E-state index in [1.165, 1.54) is 12.1 Å². The summed E-state index contributed by atoms with van der Waals surface area (Å²) in [5.41, 5.74) is 2.78. The monoisotopic (exact) mass is 301 g/mol. The van der Waals surface area contributed by atoms with Crippen LogP contribution in [0, 0.1) is 11.3 Å². The Balaban J connectivity index is 0.000000185. The highest BCUT2D eigenvalue weighted by atomic mass is 16.3. The van der Waals surface area contributed by atoms with Crippen molar-refractivity contribution in [2.45, 2.75) is 0 Å². The summed E-state index contributed by atoms with van der Waals surface area (Å²) < 4.78 is 0. The van der Waals surface area contributed by atoms with Crippen LogP contribution in [0.15, 0.2) is 73.3 Å². The molecule has 1 N–H and O–H groups in total. The van der Waals surface area contributed by atoms with E-state index in [1.807, 2.05) is 30.3 Å². The van der Waals surface area contributed by atoms with Crippen molar-refractivity contribution in [3.05, 3.63) is 90.0 Å². The van der Waals surface area contributed by atoms with Gasteiger partial charge >= 0.3 is 0 Å². The van der Waals surface area contributed by atoms with Crippen molar-refractivity contribution in [2.75, 3.05) is 0 Å². The molecule has 4 nitrogen and oxygen atoms in total. The van der Waals surface area contributed by atoms with E-state index in [4.69, 9.17) is 10.4 Å². The number of aromatic nitrogens is 2. The van der Waals surface area contributed by atoms with Gasteiger partial charge in [0.25, 0.3) is 0 Å². The number of nitriles is 1. The van der Waals surface area contributed by atoms with E-state index < -0.39 is 0 Å². The van der Waals surface area contributed by atoms with Gasteiger partial charge in [0.2, 0.25) is 0 Å². The van der Waals surface area contributed by atoms with Crippen LogP contribution < -0.4 is 0 Å². The molecule has 0 saturated carbocycles. The second kappa shape index (κ2) is 8.75. The number of hydrogen-bond acceptors (Lipinski definition) is 4. The highest BCUT2D eigenvalue weighted by Gasteiger charge is 1.88. The molecule has 0 bridgehead atoms. The van der Waals surface area contributed by atoms with Crippen molar-refractivity contribution < 1.29 is 5.11 Å². The van der Waals surface area contributed by atoms with E-state index in [-0.39, 0.29) is 5.75 Å². The average molecular weight is 301 g/mol. The van der Waals surface area contributed by atoms with Gasteiger partial charge in [-0.25, -0.2) is 0 Å². The molecule has 112 valence electrons. The van der Waals surface area contributed by atoms with Gasteiger partial charge in [-0.05, 0) is 53.6 Å². The summed E-state index contributed by atoms with van der Waals surface area (Å²) in [5, 5.41) is 17.1. The maximum atomic E-state index is 8.79. The number of aromatic hydroxyl groups is 1. The van der Waals surface area contributed by atoms with Crippen LogP contribution >= 0.6 is 0 Å². The van der Waals surface area contributed by atoms with Crippen LogP contribution in [-0.4, -0.2) is 15.1 Å². The van der Waals surface area contributed by atoms with Crippen molar-refractivity contribution in [3.8, 4) is 11.8 Å². The summed E-state index contributed by atoms with van der Waals surface area (Å²) in [4.78, 5) is 7.91. The number of rotatable bonds is 2. The summed E-state index contributed by atoms with van der Waals surface area (Å²) in [6, 6.07) is 16.0. The molecule has 1 aromatic carbocycles. The van der Waals surface area contributed by atoms with Gasteiger partial charge in [-0.3, -0.25) is 9.97 Å². The molecule has 0 aliphatic rings. The molecule has 4 heteroatoms. The first-order valence-corrected chi connectivity index (χ1v) is 6.95. The zero-order valence-electron chi connectivity index (χ0n) is 12.4. The van der Waals surface area contributed by atoms with Gasteiger partial charge in [0, 0.05) is 24.8 Å². The quantitative estimate of drug-likeness (QED) is 0.779. The van der Waals surface area contributed by atoms with E-state index in [2.05, 4.69) is 22.1 Å². The average Bonchev–Trinajstić information content (AvgIpc) is 2.62. The number of benzene rings is 1. The van der Waals surface area contributed by atoms with Crippen LogP contribution in [0.25, 0.3) is 12.2 Å². The van der Waals surface area contributed by atoms with Crippen LogP contribution in [0.3, 0.4) is 0 Å². The molecule has 0 radical (unpaired) electrons. The Morgan fingerprint density at radius 2 is 1.35 bits per heavy atom. The Hall–Kier alpha value is -3.45. The Bertz CT molecular complexity index is 752. The van der Waals surface area contributed by atoms with Gasteiger partial charge in [0.1, 0.15) is 5.75 Å². The van der Waals surface area contributed by atoms with E-state index in [0.717, 1.165) is 11.1 Å². The third kappa shape index (κ3) is 5.82. The van der Waals surface area contributed by atoms with Gasteiger partial charge in [0.15, 0.2) is 0 Å². The fourth-order valence-corrected chi connectivity index (χ4v) is 1.72. The SMILES string of the molecule is C(=C\c1ccncc1)/c1ccncc1.N#Cc1cccc(O)c1. The summed E-state index contributed by atoms with van der Waals surface area (Å²) >= 11 is 0. The van der Waals surface area contributed by atoms with E-state index in [0.29, 0.717) is 5.56 Å². The van der Waals surface area contributed by atoms with Crippen molar-refractivity contribution in [2.24, 2.45) is 0 Å². The minimum atomic E-state index is 0.133. The number of pyridine rings is 2. The fourth-order valence-electron chi connectivity index (χ4n) is 1.72. The molecule has 3 rings (SSSR count). The minimum absolute atomic E-state index is 0.133. The lowest BCUT2D eigenvalue weighted by Crippen LogP contribution is -1.74. The first kappa shape index (κ1) is 15.9. The van der Waals surface area contributed by atoms with Crippen LogP contribution in [0.2, 0.25) is 0 Å². The highest BCUT2D eigenvalue weighted by molar-refractivity contribution is 5.68. The van der Waals surface area contributed by atoms with E-state index >= 15 is 0 Å². The highest BCUT2D eigenvalue weighted by Crippen LogP contribution is 2.08. The number of phenols is 1. The first-order chi connectivity index (χ1) is 11.3. The molecule has 0 aliphatic carbocycles. The van der Waals surface area contributed by atoms with Crippen molar-refractivity contribution in [1.82, 2.24) is 9.97 Å². The zero-order valence-corrected chi connectivity index (χ0v) is 12.4. The van der Waals surface area contributed by atoms with Crippen LogP contribution in [0.4, 0.5) is 0 Å². The normalized spacial score (nSPS) is 9.70. The van der Waals surface area contributed by atoms with Gasteiger partial charge in [-0.15, -0.1) is 0 Å². The molecule has 0 unspecified atom stereocenters. The maximum Gasteiger partial charge on any atom is 0.116 e. The predicted octanol–water partition coefficient (Wildman–Crippen LogP) is 3.91. The number of hydrogen-bond donors (Lipinski definition) is 1. The van der Waals surface area contributed by atoms with Gasteiger partial charge in [-0.1, -0.05) is 18.2 Å². The molecule has 2 heterocycles. The molecule has 23 heavy (non-hydrogen) atoms. The summed E-state index contributed by atoms with van der Waals surface area (Å²) in [5.74, 6) is 0.133. The summed E-state index contributed by atoms with van der Waals surface area (Å²) in [7, 11) is 0. The third-order valence-corrected chi connectivity index (χ3v) is 2.86. The molecule has 0 aliphatic heterocycles. The van der Waals surface area contributed by atoms with Crippen LogP contribution in [0.5, 0.6) is 5.75 Å². The molecule has 2 aromatic heterocycles. The van der Waals surface area contributed by atoms with Gasteiger partial charge in [0.05, 0.1) is 11.6 Å². The second-order valence-corrected chi connectivity index (χ2v) is 4.56. The maximum absolute atomic E-state index is 8.79. The molecular formula is C19H15N3O. The van der Waals surface area contributed by atoms with E-state index in [9.17, 15) is 0 Å². The lowest BCUT2D eigenvalue weighted by molar-refractivity contribution is 0.475. The molecule has 3 aromatic rings. The Kier molecular flexibility index (Phi) is 6.06. The predicted molar refractivity (Wildman–Crippen MR) is 90.2 cm³/mol. The van der Waals surface area contributed by atoms with Crippen molar-refractivity contribution in [1.29, 1.82) is 5.26 Å². The van der Waals surface area contributed by atoms with Crippen molar-refractivity contribution >= 4 is 12.2 Å². The standard InChI is InChI=1S/C12H10N2.C7H5NO/c1(11-3-7-13-8-4-11)2-12-5-9-14-10-6-12;8-5-6-2-1-3-7(9)4-6/h1-10H;1-4,9H/b2-1+;. The Labute approximate surface area is 135 Å². The lowest BCUT2D eigenvalue weighted by atomic mass is 10.2. The molecular weight excluding hydrogens is 286 g/mol. The number of phenolic OH excluding ortho intramolecular Hbond substituents is 1. The van der Waals surface area contributed by atoms with Crippen LogP contribution in [-0.2, 0) is 0 Å². The van der Waals surface area contributed by atoms with Crippen LogP contribution in [0.1, 0.15) is 16.7 Å². The first-order valence-electron chi connectivity index (χ1n) is 6.95. The molecule has 0 saturated heterocycles. The molecule has 0 atom stereocenters.